The van der Waals surface area contributed by atoms with Crippen molar-refractivity contribution in [3.05, 3.63) is 40.4 Å². The highest BCUT2D eigenvalue weighted by molar-refractivity contribution is 6.35. The number of anilines is 1. The summed E-state index contributed by atoms with van der Waals surface area (Å²) in [6.45, 7) is 0. The van der Waals surface area contributed by atoms with Gasteiger partial charge in [-0.2, -0.15) is 0 Å². The second kappa shape index (κ2) is 5.35. The monoisotopic (exact) mass is 325 g/mol. The van der Waals surface area contributed by atoms with Gasteiger partial charge in [-0.05, 0) is 36.5 Å². The molecule has 0 unspecified atom stereocenters. The van der Waals surface area contributed by atoms with Crippen molar-refractivity contribution in [1.29, 1.82) is 0 Å². The molecule has 4 atom stereocenters. The molecule has 0 aromatic heterocycles. The van der Waals surface area contributed by atoms with Crippen LogP contribution in [0.1, 0.15) is 6.42 Å². The molecule has 2 aliphatic carbocycles. The van der Waals surface area contributed by atoms with E-state index in [1.165, 1.54) is 0 Å². The summed E-state index contributed by atoms with van der Waals surface area (Å²) in [7, 11) is 0. The van der Waals surface area contributed by atoms with Gasteiger partial charge in [-0.3, -0.25) is 9.59 Å². The molecule has 2 N–H and O–H groups in total. The van der Waals surface area contributed by atoms with Crippen molar-refractivity contribution in [3.8, 4) is 0 Å². The molecule has 2 aliphatic rings. The number of aliphatic carboxylic acids is 1. The van der Waals surface area contributed by atoms with Gasteiger partial charge in [0.15, 0.2) is 0 Å². The average molecular weight is 326 g/mol. The summed E-state index contributed by atoms with van der Waals surface area (Å²) in [5.74, 6) is -2.55. The highest BCUT2D eigenvalue weighted by Crippen LogP contribution is 2.48. The van der Waals surface area contributed by atoms with Crippen LogP contribution in [0.25, 0.3) is 0 Å². The van der Waals surface area contributed by atoms with Crippen molar-refractivity contribution in [2.24, 2.45) is 23.7 Å². The van der Waals surface area contributed by atoms with E-state index in [0.717, 1.165) is 6.42 Å². The number of amides is 1. The summed E-state index contributed by atoms with van der Waals surface area (Å²) in [5, 5.41) is 12.9. The van der Waals surface area contributed by atoms with Crippen LogP contribution in [-0.4, -0.2) is 17.0 Å². The van der Waals surface area contributed by atoms with Gasteiger partial charge in [0, 0.05) is 5.02 Å². The topological polar surface area (TPSA) is 66.4 Å². The average Bonchev–Trinajstić information content (AvgIpc) is 3.03. The van der Waals surface area contributed by atoms with Gasteiger partial charge in [-0.15, -0.1) is 0 Å². The normalized spacial score (nSPS) is 29.6. The Balaban J connectivity index is 1.83. The molecular formula is C15H13Cl2NO3. The molecule has 1 saturated carbocycles. The maximum absolute atomic E-state index is 12.5. The SMILES string of the molecule is O=C(Nc1cc(Cl)ccc1Cl)[C@@H]1[C@H](C(=O)O)[C@H]2C=C[C@H]1C2. The molecule has 1 aromatic rings. The Labute approximate surface area is 131 Å². The van der Waals surface area contributed by atoms with Crippen molar-refractivity contribution in [2.45, 2.75) is 6.42 Å². The van der Waals surface area contributed by atoms with Gasteiger partial charge in [0.2, 0.25) is 5.91 Å². The quantitative estimate of drug-likeness (QED) is 0.836. The third kappa shape index (κ3) is 2.54. The van der Waals surface area contributed by atoms with Crippen LogP contribution in [0.3, 0.4) is 0 Å². The summed E-state index contributed by atoms with van der Waals surface area (Å²) < 4.78 is 0. The first-order chi connectivity index (χ1) is 9.97. The summed E-state index contributed by atoms with van der Waals surface area (Å²) in [6.07, 6.45) is 4.56. The largest absolute Gasteiger partial charge is 0.481 e. The van der Waals surface area contributed by atoms with Gasteiger partial charge in [0.05, 0.1) is 22.5 Å². The third-order valence-corrected chi connectivity index (χ3v) is 4.80. The van der Waals surface area contributed by atoms with Crippen LogP contribution in [0.2, 0.25) is 10.0 Å². The lowest BCUT2D eigenvalue weighted by Gasteiger charge is -2.24. The van der Waals surface area contributed by atoms with Gasteiger partial charge < -0.3 is 10.4 Å². The number of benzene rings is 1. The zero-order valence-electron chi connectivity index (χ0n) is 10.9. The number of allylic oxidation sites excluding steroid dienone is 2. The molecule has 110 valence electrons. The number of hydrogen-bond donors (Lipinski definition) is 2. The van der Waals surface area contributed by atoms with Gasteiger partial charge in [-0.1, -0.05) is 35.4 Å². The molecule has 2 bridgehead atoms. The first kappa shape index (κ1) is 14.4. The van der Waals surface area contributed by atoms with E-state index in [1.54, 1.807) is 18.2 Å². The smallest absolute Gasteiger partial charge is 0.307 e. The first-order valence-electron chi connectivity index (χ1n) is 6.64. The van der Waals surface area contributed by atoms with E-state index in [4.69, 9.17) is 23.2 Å². The maximum Gasteiger partial charge on any atom is 0.307 e. The number of carbonyl (C=O) groups is 2. The van der Waals surface area contributed by atoms with Gasteiger partial charge in [0.1, 0.15) is 0 Å². The molecular weight excluding hydrogens is 313 g/mol. The lowest BCUT2D eigenvalue weighted by Crippen LogP contribution is -2.36. The number of fused-ring (bicyclic) bond motifs is 2. The zero-order valence-corrected chi connectivity index (χ0v) is 12.4. The molecule has 4 nitrogen and oxygen atoms in total. The molecule has 1 aromatic carbocycles. The number of carboxylic acids is 1. The molecule has 1 fully saturated rings. The summed E-state index contributed by atoms with van der Waals surface area (Å²) in [4.78, 5) is 23.9. The molecule has 0 heterocycles. The lowest BCUT2D eigenvalue weighted by molar-refractivity contribution is -0.146. The van der Waals surface area contributed by atoms with Crippen molar-refractivity contribution >= 4 is 40.8 Å². The van der Waals surface area contributed by atoms with Crippen molar-refractivity contribution in [1.82, 2.24) is 0 Å². The Morgan fingerprint density at radius 2 is 1.81 bits per heavy atom. The fourth-order valence-electron chi connectivity index (χ4n) is 3.33. The van der Waals surface area contributed by atoms with E-state index in [1.807, 2.05) is 12.2 Å². The minimum Gasteiger partial charge on any atom is -0.481 e. The zero-order chi connectivity index (χ0) is 15.1. The molecule has 1 amide bonds. The lowest BCUT2D eigenvalue weighted by atomic mass is 9.82. The van der Waals surface area contributed by atoms with Gasteiger partial charge in [0.25, 0.3) is 0 Å². The highest BCUT2D eigenvalue weighted by Gasteiger charge is 2.51. The van der Waals surface area contributed by atoms with Crippen molar-refractivity contribution in [3.63, 3.8) is 0 Å². The van der Waals surface area contributed by atoms with Crippen LogP contribution in [0.15, 0.2) is 30.4 Å². The molecule has 6 heteroatoms. The maximum atomic E-state index is 12.5. The number of rotatable bonds is 3. The Morgan fingerprint density at radius 3 is 2.48 bits per heavy atom. The summed E-state index contributed by atoms with van der Waals surface area (Å²) in [6, 6.07) is 4.77. The standard InChI is InChI=1S/C15H13Cl2NO3/c16-9-3-4-10(17)11(6-9)18-14(19)12-7-1-2-8(5-7)13(12)15(20)21/h1-4,6-8,12-13H,5H2,(H,18,19)(H,20,21)/t7-,8-,12-,13+/m0/s1. The van der Waals surface area contributed by atoms with Crippen molar-refractivity contribution in [2.75, 3.05) is 5.32 Å². The number of carboxylic acid groups (broad SMARTS) is 1. The van der Waals surface area contributed by atoms with Crippen molar-refractivity contribution < 1.29 is 14.7 Å². The second-order valence-electron chi connectivity index (χ2n) is 5.45. The second-order valence-corrected chi connectivity index (χ2v) is 6.30. The van der Waals surface area contributed by atoms with Crippen LogP contribution >= 0.6 is 23.2 Å². The summed E-state index contributed by atoms with van der Waals surface area (Å²) in [5.41, 5.74) is 0.407. The fourth-order valence-corrected chi connectivity index (χ4v) is 3.66. The molecule has 3 rings (SSSR count). The fraction of sp³-hybridized carbons (Fsp3) is 0.333. The Bertz CT molecular complexity index is 644. The van der Waals surface area contributed by atoms with E-state index >= 15 is 0 Å². The minimum absolute atomic E-state index is 0.0194. The van der Waals surface area contributed by atoms with Crippen LogP contribution < -0.4 is 5.32 Å². The van der Waals surface area contributed by atoms with Crippen LogP contribution in [0.4, 0.5) is 5.69 Å². The molecule has 0 saturated heterocycles. The van der Waals surface area contributed by atoms with Gasteiger partial charge >= 0.3 is 5.97 Å². The van der Waals surface area contributed by atoms with E-state index < -0.39 is 17.8 Å². The third-order valence-electron chi connectivity index (χ3n) is 4.23. The highest BCUT2D eigenvalue weighted by atomic mass is 35.5. The molecule has 0 aliphatic heterocycles. The van der Waals surface area contributed by atoms with Crippen LogP contribution in [-0.2, 0) is 9.59 Å². The predicted octanol–water partition coefficient (Wildman–Crippen LogP) is 3.45. The van der Waals surface area contributed by atoms with E-state index in [0.29, 0.717) is 15.7 Å². The molecule has 0 radical (unpaired) electrons. The number of hydrogen-bond acceptors (Lipinski definition) is 2. The van der Waals surface area contributed by atoms with E-state index in [2.05, 4.69) is 5.32 Å². The number of nitrogens with one attached hydrogen (secondary N) is 1. The van der Waals surface area contributed by atoms with E-state index in [-0.39, 0.29) is 17.7 Å². The Kier molecular flexibility index (Phi) is 3.68. The number of carbonyl (C=O) groups excluding carboxylic acids is 1. The minimum atomic E-state index is -0.927. The first-order valence-corrected chi connectivity index (χ1v) is 7.40. The Hall–Kier alpha value is -1.52. The Morgan fingerprint density at radius 1 is 1.14 bits per heavy atom. The van der Waals surface area contributed by atoms with Gasteiger partial charge in [-0.25, -0.2) is 0 Å². The van der Waals surface area contributed by atoms with E-state index in [9.17, 15) is 14.7 Å². The van der Waals surface area contributed by atoms with Crippen LogP contribution in [0.5, 0.6) is 0 Å². The molecule has 0 spiro atoms. The van der Waals surface area contributed by atoms with Crippen LogP contribution in [0, 0.1) is 23.7 Å². The predicted molar refractivity (Wildman–Crippen MR) is 80.4 cm³/mol. The molecule has 21 heavy (non-hydrogen) atoms. The number of halogens is 2. The summed E-state index contributed by atoms with van der Waals surface area (Å²) >= 11 is 11.9.